The topological polar surface area (TPSA) is 90.0 Å². The van der Waals surface area contributed by atoms with Crippen molar-refractivity contribution in [3.63, 3.8) is 0 Å². The highest BCUT2D eigenvalue weighted by Crippen LogP contribution is 2.68. The molecule has 1 saturated carbocycles. The van der Waals surface area contributed by atoms with Gasteiger partial charge < -0.3 is 14.1 Å². The SMILES string of the molecule is CC(C)(C)[Si](C)(C)OC1C[C@@]12C(=O)N1[C@@H](C(=O)OC(c3ccccc3)c3ccccc3)C(C)(C)S(=O)(=O)[C@@H]12. The molecule has 5 rings (SSSR count). The third kappa shape index (κ3) is 3.72. The van der Waals surface area contributed by atoms with Crippen LogP contribution < -0.4 is 0 Å². The molecule has 1 unspecified atom stereocenters. The summed E-state index contributed by atoms with van der Waals surface area (Å²) in [4.78, 5) is 28.8. The second-order valence-corrected chi connectivity index (χ2v) is 20.2. The van der Waals surface area contributed by atoms with E-state index in [-0.39, 0.29) is 10.9 Å². The average Bonchev–Trinajstić information content (AvgIpc) is 3.53. The molecule has 0 aromatic heterocycles. The van der Waals surface area contributed by atoms with Gasteiger partial charge in [-0.05, 0) is 49.5 Å². The number of sulfone groups is 1. The number of amides is 1. The maximum absolute atomic E-state index is 13.9. The fourth-order valence-electron chi connectivity index (χ4n) is 5.67. The van der Waals surface area contributed by atoms with Crippen molar-refractivity contribution < 1.29 is 27.2 Å². The van der Waals surface area contributed by atoms with Crippen molar-refractivity contribution in [2.45, 2.75) is 87.5 Å². The van der Waals surface area contributed by atoms with E-state index in [2.05, 4.69) is 33.9 Å². The minimum atomic E-state index is -3.89. The lowest BCUT2D eigenvalue weighted by Crippen LogP contribution is -2.67. The molecule has 204 valence electrons. The van der Waals surface area contributed by atoms with Crippen molar-refractivity contribution in [3.05, 3.63) is 71.8 Å². The zero-order valence-corrected chi connectivity index (χ0v) is 24.9. The first-order chi connectivity index (χ1) is 17.6. The monoisotopic (exact) mass is 555 g/mol. The lowest BCUT2D eigenvalue weighted by Gasteiger charge is -2.45. The van der Waals surface area contributed by atoms with Crippen molar-refractivity contribution in [1.29, 1.82) is 0 Å². The molecule has 2 saturated heterocycles. The van der Waals surface area contributed by atoms with Gasteiger partial charge in [-0.2, -0.15) is 0 Å². The van der Waals surface area contributed by atoms with Gasteiger partial charge in [-0.1, -0.05) is 81.4 Å². The first kappa shape index (κ1) is 27.1. The van der Waals surface area contributed by atoms with Crippen molar-refractivity contribution in [2.75, 3.05) is 0 Å². The third-order valence-corrected chi connectivity index (χ3v) is 16.5. The second kappa shape index (κ2) is 8.50. The average molecular weight is 556 g/mol. The van der Waals surface area contributed by atoms with Crippen LogP contribution in [0.4, 0.5) is 0 Å². The van der Waals surface area contributed by atoms with Crippen LogP contribution in [0.15, 0.2) is 60.7 Å². The van der Waals surface area contributed by atoms with E-state index in [4.69, 9.17) is 9.16 Å². The van der Waals surface area contributed by atoms with Crippen LogP contribution in [0.5, 0.6) is 0 Å². The molecule has 0 N–H and O–H groups in total. The Kier molecular flexibility index (Phi) is 6.06. The summed E-state index contributed by atoms with van der Waals surface area (Å²) in [6.45, 7) is 13.6. The molecular weight excluding hydrogens is 518 g/mol. The normalized spacial score (nSPS) is 29.2. The number of esters is 1. The molecule has 2 aromatic carbocycles. The number of benzene rings is 2. The lowest BCUT2D eigenvalue weighted by molar-refractivity contribution is -0.172. The van der Waals surface area contributed by atoms with Crippen LogP contribution in [0, 0.1) is 5.41 Å². The summed E-state index contributed by atoms with van der Waals surface area (Å²) in [6.07, 6.45) is -0.810. The molecule has 0 radical (unpaired) electrons. The molecule has 38 heavy (non-hydrogen) atoms. The molecule has 4 atom stereocenters. The molecule has 7 nitrogen and oxygen atoms in total. The molecule has 2 aliphatic heterocycles. The van der Waals surface area contributed by atoms with Gasteiger partial charge >= 0.3 is 5.97 Å². The number of fused-ring (bicyclic) bond motifs is 2. The highest BCUT2D eigenvalue weighted by molar-refractivity contribution is 7.94. The van der Waals surface area contributed by atoms with E-state index in [1.54, 1.807) is 0 Å². The summed E-state index contributed by atoms with van der Waals surface area (Å²) in [5.74, 6) is -1.04. The van der Waals surface area contributed by atoms with Gasteiger partial charge in [0.2, 0.25) is 5.91 Å². The van der Waals surface area contributed by atoms with E-state index < -0.39 is 57.9 Å². The van der Waals surface area contributed by atoms with Crippen molar-refractivity contribution >= 4 is 30.0 Å². The number of ether oxygens (including phenoxy) is 1. The van der Waals surface area contributed by atoms with Gasteiger partial charge in [0.15, 0.2) is 29.6 Å². The molecule has 1 amide bonds. The van der Waals surface area contributed by atoms with Crippen LogP contribution in [0.25, 0.3) is 0 Å². The molecule has 3 fully saturated rings. The standard InChI is InChI=1S/C29H37NO6SSi/c1-27(2,3)38(6,7)36-21-18-29(21)25(32)30-23(28(4,5)37(33,34)26(29)30)24(31)35-22(19-14-10-8-11-15-19)20-16-12-9-13-17-20/h8-17,21-23,26H,18H2,1-7H3/t21?,23-,26+,29-/m0/s1. The van der Waals surface area contributed by atoms with Gasteiger partial charge in [-0.25, -0.2) is 13.2 Å². The van der Waals surface area contributed by atoms with Crippen LogP contribution >= 0.6 is 0 Å². The maximum atomic E-state index is 13.9. The Morgan fingerprint density at radius 2 is 1.50 bits per heavy atom. The van der Waals surface area contributed by atoms with Crippen LogP contribution in [-0.2, 0) is 28.6 Å². The van der Waals surface area contributed by atoms with E-state index in [0.29, 0.717) is 6.42 Å². The molecule has 1 aliphatic carbocycles. The van der Waals surface area contributed by atoms with Crippen LogP contribution in [0.2, 0.25) is 18.1 Å². The van der Waals surface area contributed by atoms with Crippen LogP contribution in [0.1, 0.15) is 58.3 Å². The van der Waals surface area contributed by atoms with Crippen LogP contribution in [0.3, 0.4) is 0 Å². The number of carbonyl (C=O) groups is 2. The maximum Gasteiger partial charge on any atom is 0.331 e. The van der Waals surface area contributed by atoms with E-state index in [0.717, 1.165) is 11.1 Å². The van der Waals surface area contributed by atoms with E-state index in [9.17, 15) is 18.0 Å². The Bertz CT molecular complexity index is 1330. The number of hydrogen-bond acceptors (Lipinski definition) is 6. The summed E-state index contributed by atoms with van der Waals surface area (Å²) in [7, 11) is -6.11. The zero-order valence-electron chi connectivity index (χ0n) is 23.1. The molecule has 1 spiro atoms. The van der Waals surface area contributed by atoms with Crippen molar-refractivity contribution in [2.24, 2.45) is 5.41 Å². The number of rotatable bonds is 6. The highest BCUT2D eigenvalue weighted by atomic mass is 32.2. The van der Waals surface area contributed by atoms with Gasteiger partial charge in [-0.3, -0.25) is 4.79 Å². The summed E-state index contributed by atoms with van der Waals surface area (Å²) in [5.41, 5.74) is 0.427. The second-order valence-electron chi connectivity index (χ2n) is 12.9. The van der Waals surface area contributed by atoms with Crippen LogP contribution in [-0.4, -0.2) is 55.8 Å². The summed E-state index contributed by atoms with van der Waals surface area (Å²) < 4.78 is 38.8. The quantitative estimate of drug-likeness (QED) is 0.288. The molecule has 2 aromatic rings. The number of carbonyl (C=O) groups excluding carboxylic acids is 2. The first-order valence-corrected chi connectivity index (χ1v) is 17.6. The number of nitrogens with zero attached hydrogens (tertiary/aromatic N) is 1. The highest BCUT2D eigenvalue weighted by Gasteiger charge is 2.86. The third-order valence-electron chi connectivity index (χ3n) is 9.13. The first-order valence-electron chi connectivity index (χ1n) is 13.1. The predicted octanol–water partition coefficient (Wildman–Crippen LogP) is 4.84. The van der Waals surface area contributed by atoms with Gasteiger partial charge in [0.05, 0.1) is 10.9 Å². The Morgan fingerprint density at radius 3 is 1.97 bits per heavy atom. The summed E-state index contributed by atoms with van der Waals surface area (Å²) >= 11 is 0. The number of β-lactam (4-membered cyclic amide) rings is 1. The predicted molar refractivity (Wildman–Crippen MR) is 147 cm³/mol. The van der Waals surface area contributed by atoms with Crippen molar-refractivity contribution in [1.82, 2.24) is 4.90 Å². The van der Waals surface area contributed by atoms with E-state index >= 15 is 0 Å². The smallest absolute Gasteiger partial charge is 0.331 e. The van der Waals surface area contributed by atoms with E-state index in [1.165, 1.54) is 18.7 Å². The van der Waals surface area contributed by atoms with Gasteiger partial charge in [0.1, 0.15) is 11.5 Å². The Hall–Kier alpha value is -2.49. The van der Waals surface area contributed by atoms with Gasteiger partial charge in [-0.15, -0.1) is 0 Å². The van der Waals surface area contributed by atoms with Gasteiger partial charge in [0, 0.05) is 0 Å². The Balaban J connectivity index is 1.45. The molecular formula is C29H37NO6SSi. The summed E-state index contributed by atoms with van der Waals surface area (Å²) in [5, 5.41) is -1.15. The Morgan fingerprint density at radius 1 is 1.00 bits per heavy atom. The zero-order chi connectivity index (χ0) is 27.9. The fourth-order valence-corrected chi connectivity index (χ4v) is 9.54. The molecule has 0 bridgehead atoms. The van der Waals surface area contributed by atoms with Crippen molar-refractivity contribution in [3.8, 4) is 0 Å². The van der Waals surface area contributed by atoms with Gasteiger partial charge in [0.25, 0.3) is 0 Å². The molecule has 2 heterocycles. The fraction of sp³-hybridized carbons (Fsp3) is 0.517. The largest absolute Gasteiger partial charge is 0.451 e. The lowest BCUT2D eigenvalue weighted by atomic mass is 9.89. The summed E-state index contributed by atoms with van der Waals surface area (Å²) in [6, 6.07) is 17.4. The minimum absolute atomic E-state index is 0.0761. The molecule has 3 aliphatic rings. The minimum Gasteiger partial charge on any atom is -0.451 e. The molecule has 9 heteroatoms. The Labute approximate surface area is 226 Å². The number of hydrogen-bond donors (Lipinski definition) is 0. The van der Waals surface area contributed by atoms with E-state index in [1.807, 2.05) is 60.7 Å².